The van der Waals surface area contributed by atoms with E-state index in [4.69, 9.17) is 0 Å². The molecule has 3 aromatic carbocycles. The number of benzene rings is 3. The molecular formula is C21H19IN2O3S. The van der Waals surface area contributed by atoms with Gasteiger partial charge in [-0.05, 0) is 77.5 Å². The summed E-state index contributed by atoms with van der Waals surface area (Å²) in [5.41, 5.74) is 1.86. The Balaban J connectivity index is 1.94. The molecule has 0 spiro atoms. The summed E-state index contributed by atoms with van der Waals surface area (Å²) in [5, 5.41) is 2.76. The lowest BCUT2D eigenvalue weighted by Gasteiger charge is -2.25. The molecule has 0 aromatic heterocycles. The lowest BCUT2D eigenvalue weighted by atomic mass is 10.2. The minimum atomic E-state index is -3.90. The second kappa shape index (κ2) is 8.74. The van der Waals surface area contributed by atoms with E-state index in [2.05, 4.69) is 27.9 Å². The lowest BCUT2D eigenvalue weighted by Crippen LogP contribution is -2.38. The first-order chi connectivity index (χ1) is 13.4. The standard InChI is InChI=1S/C21H19IN2O3S/c1-16-7-5-6-10-20(16)24(28(26,27)19-8-3-2-4-9-19)15-21(25)23-18-13-11-17(22)12-14-18/h2-14H,15H2,1H3,(H,23,25). The van der Waals surface area contributed by atoms with E-state index < -0.39 is 15.9 Å². The fourth-order valence-electron chi connectivity index (χ4n) is 2.73. The summed E-state index contributed by atoms with van der Waals surface area (Å²) in [7, 11) is -3.90. The van der Waals surface area contributed by atoms with Crippen molar-refractivity contribution in [1.82, 2.24) is 0 Å². The van der Waals surface area contributed by atoms with Crippen molar-refractivity contribution in [3.8, 4) is 0 Å². The van der Waals surface area contributed by atoms with Gasteiger partial charge in [-0.1, -0.05) is 36.4 Å². The Morgan fingerprint density at radius 3 is 2.18 bits per heavy atom. The van der Waals surface area contributed by atoms with Crippen molar-refractivity contribution in [1.29, 1.82) is 0 Å². The molecule has 3 aromatic rings. The van der Waals surface area contributed by atoms with E-state index in [0.717, 1.165) is 13.4 Å². The van der Waals surface area contributed by atoms with Gasteiger partial charge in [0.2, 0.25) is 5.91 Å². The number of halogens is 1. The number of nitrogens with zero attached hydrogens (tertiary/aromatic N) is 1. The summed E-state index contributed by atoms with van der Waals surface area (Å²) in [6.07, 6.45) is 0. The zero-order chi connectivity index (χ0) is 20.1. The molecule has 7 heteroatoms. The molecule has 0 atom stereocenters. The van der Waals surface area contributed by atoms with Crippen LogP contribution < -0.4 is 9.62 Å². The molecule has 0 saturated heterocycles. The molecule has 0 radical (unpaired) electrons. The maximum absolute atomic E-state index is 13.3. The van der Waals surface area contributed by atoms with Gasteiger partial charge in [-0.3, -0.25) is 9.10 Å². The van der Waals surface area contributed by atoms with Gasteiger partial charge in [-0.15, -0.1) is 0 Å². The zero-order valence-corrected chi connectivity index (χ0v) is 18.1. The van der Waals surface area contributed by atoms with Gasteiger partial charge in [-0.25, -0.2) is 8.42 Å². The number of nitrogens with one attached hydrogen (secondary N) is 1. The number of carbonyl (C=O) groups excluding carboxylic acids is 1. The van der Waals surface area contributed by atoms with E-state index in [0.29, 0.717) is 11.4 Å². The van der Waals surface area contributed by atoms with Crippen molar-refractivity contribution in [2.24, 2.45) is 0 Å². The number of aryl methyl sites for hydroxylation is 1. The number of sulfonamides is 1. The minimum absolute atomic E-state index is 0.139. The van der Waals surface area contributed by atoms with E-state index in [1.54, 1.807) is 42.5 Å². The lowest BCUT2D eigenvalue weighted by molar-refractivity contribution is -0.114. The van der Waals surface area contributed by atoms with Crippen LogP contribution >= 0.6 is 22.6 Å². The SMILES string of the molecule is Cc1ccccc1N(CC(=O)Nc1ccc(I)cc1)S(=O)(=O)c1ccccc1. The Hall–Kier alpha value is -2.39. The van der Waals surface area contributed by atoms with Crippen molar-refractivity contribution in [3.63, 3.8) is 0 Å². The number of anilines is 2. The van der Waals surface area contributed by atoms with Crippen LogP contribution in [0.5, 0.6) is 0 Å². The average Bonchev–Trinajstić information content (AvgIpc) is 2.69. The molecule has 0 fully saturated rings. The van der Waals surface area contributed by atoms with Crippen molar-refractivity contribution in [3.05, 3.63) is 88.0 Å². The molecule has 3 rings (SSSR count). The quantitative estimate of drug-likeness (QED) is 0.503. The number of hydrogen-bond acceptors (Lipinski definition) is 3. The highest BCUT2D eigenvalue weighted by molar-refractivity contribution is 14.1. The highest BCUT2D eigenvalue weighted by Gasteiger charge is 2.28. The van der Waals surface area contributed by atoms with Crippen LogP contribution in [-0.4, -0.2) is 20.9 Å². The number of amides is 1. The summed E-state index contributed by atoms with van der Waals surface area (Å²) in [6.45, 7) is 1.49. The number of rotatable bonds is 6. The fourth-order valence-corrected chi connectivity index (χ4v) is 4.59. The van der Waals surface area contributed by atoms with E-state index in [9.17, 15) is 13.2 Å². The van der Waals surface area contributed by atoms with Crippen LogP contribution in [0.25, 0.3) is 0 Å². The van der Waals surface area contributed by atoms with Gasteiger partial charge < -0.3 is 5.32 Å². The molecular weight excluding hydrogens is 487 g/mol. The van der Waals surface area contributed by atoms with Gasteiger partial charge in [-0.2, -0.15) is 0 Å². The van der Waals surface area contributed by atoms with Crippen molar-refractivity contribution >= 4 is 49.9 Å². The molecule has 0 saturated carbocycles. The first-order valence-corrected chi connectivity index (χ1v) is 11.1. The highest BCUT2D eigenvalue weighted by atomic mass is 127. The van der Waals surface area contributed by atoms with Gasteiger partial charge in [0.25, 0.3) is 10.0 Å². The summed E-state index contributed by atoms with van der Waals surface area (Å²) >= 11 is 2.18. The summed E-state index contributed by atoms with van der Waals surface area (Å²) in [6, 6.07) is 22.5. The van der Waals surface area contributed by atoms with Crippen LogP contribution in [0, 0.1) is 10.5 Å². The van der Waals surface area contributed by atoms with Crippen LogP contribution in [0.4, 0.5) is 11.4 Å². The first kappa shape index (κ1) is 20.3. The topological polar surface area (TPSA) is 66.5 Å². The van der Waals surface area contributed by atoms with E-state index in [1.807, 2.05) is 31.2 Å². The van der Waals surface area contributed by atoms with Crippen LogP contribution in [0.3, 0.4) is 0 Å². The second-order valence-electron chi connectivity index (χ2n) is 6.17. The average molecular weight is 506 g/mol. The molecule has 1 amide bonds. The van der Waals surface area contributed by atoms with Crippen LogP contribution in [0.2, 0.25) is 0 Å². The second-order valence-corrected chi connectivity index (χ2v) is 9.27. The van der Waals surface area contributed by atoms with Crippen LogP contribution in [0.15, 0.2) is 83.8 Å². The summed E-state index contributed by atoms with van der Waals surface area (Å²) in [4.78, 5) is 12.8. The third-order valence-electron chi connectivity index (χ3n) is 4.13. The van der Waals surface area contributed by atoms with Crippen LogP contribution in [-0.2, 0) is 14.8 Å². The molecule has 0 aliphatic carbocycles. The number of para-hydroxylation sites is 1. The van der Waals surface area contributed by atoms with Gasteiger partial charge in [0.05, 0.1) is 10.6 Å². The molecule has 0 heterocycles. The third kappa shape index (κ3) is 4.71. The zero-order valence-electron chi connectivity index (χ0n) is 15.2. The largest absolute Gasteiger partial charge is 0.325 e. The number of hydrogen-bond donors (Lipinski definition) is 1. The predicted octanol–water partition coefficient (Wildman–Crippen LogP) is 4.43. The normalized spacial score (nSPS) is 11.1. The summed E-state index contributed by atoms with van der Waals surface area (Å²) < 4.78 is 28.7. The Bertz CT molecular complexity index is 1070. The predicted molar refractivity (Wildman–Crippen MR) is 120 cm³/mol. The van der Waals surface area contributed by atoms with E-state index in [1.165, 1.54) is 12.1 Å². The monoisotopic (exact) mass is 506 g/mol. The van der Waals surface area contributed by atoms with Crippen molar-refractivity contribution in [2.45, 2.75) is 11.8 Å². The van der Waals surface area contributed by atoms with Gasteiger partial charge in [0.15, 0.2) is 0 Å². The Kier molecular flexibility index (Phi) is 6.35. The maximum Gasteiger partial charge on any atom is 0.264 e. The third-order valence-corrected chi connectivity index (χ3v) is 6.62. The molecule has 1 N–H and O–H groups in total. The number of carbonyl (C=O) groups is 1. The van der Waals surface area contributed by atoms with Crippen LogP contribution in [0.1, 0.15) is 5.56 Å². The maximum atomic E-state index is 13.3. The summed E-state index contributed by atoms with van der Waals surface area (Å²) in [5.74, 6) is -0.413. The smallest absolute Gasteiger partial charge is 0.264 e. The highest BCUT2D eigenvalue weighted by Crippen LogP contribution is 2.26. The van der Waals surface area contributed by atoms with E-state index >= 15 is 0 Å². The van der Waals surface area contributed by atoms with Crippen molar-refractivity contribution in [2.75, 3.05) is 16.2 Å². The van der Waals surface area contributed by atoms with Gasteiger partial charge in [0, 0.05) is 9.26 Å². The first-order valence-electron chi connectivity index (χ1n) is 8.57. The molecule has 144 valence electrons. The Morgan fingerprint density at radius 2 is 1.54 bits per heavy atom. The Labute approximate surface area is 178 Å². The molecule has 0 unspecified atom stereocenters. The molecule has 5 nitrogen and oxygen atoms in total. The van der Waals surface area contributed by atoms with Crippen molar-refractivity contribution < 1.29 is 13.2 Å². The molecule has 0 bridgehead atoms. The molecule has 0 aliphatic rings. The Morgan fingerprint density at radius 1 is 0.929 bits per heavy atom. The van der Waals surface area contributed by atoms with Gasteiger partial charge in [0.1, 0.15) is 6.54 Å². The molecule has 0 aliphatic heterocycles. The molecule has 28 heavy (non-hydrogen) atoms. The van der Waals surface area contributed by atoms with E-state index in [-0.39, 0.29) is 11.4 Å². The van der Waals surface area contributed by atoms with Gasteiger partial charge >= 0.3 is 0 Å². The fraction of sp³-hybridized carbons (Fsp3) is 0.0952. The minimum Gasteiger partial charge on any atom is -0.325 e.